The van der Waals surface area contributed by atoms with Crippen LogP contribution < -0.4 is 0 Å². The lowest BCUT2D eigenvalue weighted by Crippen LogP contribution is -2.49. The topological polar surface area (TPSA) is 184 Å². The fourth-order valence-corrected chi connectivity index (χ4v) is 7.78. The van der Waals surface area contributed by atoms with Gasteiger partial charge in [-0.15, -0.1) is 0 Å². The number of fused-ring (bicyclic) bond motifs is 2. The molecule has 0 aromatic heterocycles. The molecule has 0 radical (unpaired) electrons. The molecule has 2 aliphatic rings. The highest BCUT2D eigenvalue weighted by Crippen LogP contribution is 2.52. The summed E-state index contributed by atoms with van der Waals surface area (Å²) in [6.45, 7) is 12.2. The molecule has 6 atom stereocenters. The van der Waals surface area contributed by atoms with E-state index in [0.29, 0.717) is 16.7 Å². The number of ether oxygens (including phenoxy) is 7. The van der Waals surface area contributed by atoms with E-state index in [4.69, 9.17) is 33.2 Å². The Bertz CT molecular complexity index is 2160. The summed E-state index contributed by atoms with van der Waals surface area (Å²) < 4.78 is 41.6. The molecule has 62 heavy (non-hydrogen) atoms. The van der Waals surface area contributed by atoms with Gasteiger partial charge in [-0.2, -0.15) is 0 Å². The molecule has 14 nitrogen and oxygen atoms in total. The second-order valence-electron chi connectivity index (χ2n) is 15.6. The van der Waals surface area contributed by atoms with Crippen molar-refractivity contribution >= 4 is 53.9 Å². The molecular formula is C48H54O14. The van der Waals surface area contributed by atoms with Crippen molar-refractivity contribution in [2.45, 2.75) is 106 Å². The fraction of sp³-hybridized carbons (Fsp3) is 0.396. The van der Waals surface area contributed by atoms with Gasteiger partial charge in [0, 0.05) is 70.3 Å². The van der Waals surface area contributed by atoms with E-state index < -0.39 is 90.2 Å². The molecule has 0 N–H and O–H groups in total. The van der Waals surface area contributed by atoms with Crippen LogP contribution >= 0.6 is 0 Å². The zero-order chi connectivity index (χ0) is 45.7. The van der Waals surface area contributed by atoms with E-state index in [1.807, 2.05) is 12.1 Å². The van der Waals surface area contributed by atoms with Crippen molar-refractivity contribution in [1.82, 2.24) is 0 Å². The summed E-state index contributed by atoms with van der Waals surface area (Å²) in [6.07, 6.45) is 0.335. The zero-order valence-corrected chi connectivity index (χ0v) is 36.5. The van der Waals surface area contributed by atoms with E-state index in [9.17, 15) is 33.6 Å². The van der Waals surface area contributed by atoms with Crippen LogP contribution in [0.15, 0.2) is 107 Å². The molecule has 14 heteroatoms. The molecule has 4 rings (SSSR count). The Balaban J connectivity index is 2.07. The molecule has 0 spiro atoms. The molecule has 330 valence electrons. The van der Waals surface area contributed by atoms with Crippen molar-refractivity contribution in [3.63, 3.8) is 0 Å². The van der Waals surface area contributed by atoms with Gasteiger partial charge < -0.3 is 33.2 Å². The molecule has 0 saturated carbocycles. The van der Waals surface area contributed by atoms with E-state index in [-0.39, 0.29) is 29.7 Å². The summed E-state index contributed by atoms with van der Waals surface area (Å²) in [5.74, 6) is -6.32. The number of hydrogen-bond acceptors (Lipinski definition) is 14. The molecule has 0 amide bonds. The third-order valence-electron chi connectivity index (χ3n) is 10.5. The van der Waals surface area contributed by atoms with Gasteiger partial charge in [0.25, 0.3) is 0 Å². The molecule has 0 fully saturated rings. The van der Waals surface area contributed by atoms with Crippen LogP contribution in [0.1, 0.15) is 86.3 Å². The van der Waals surface area contributed by atoms with Gasteiger partial charge in [-0.1, -0.05) is 74.5 Å². The van der Waals surface area contributed by atoms with Gasteiger partial charge in [0.1, 0.15) is 31.0 Å². The first-order chi connectivity index (χ1) is 29.3. The quantitative estimate of drug-likeness (QED) is 0.0910. The van der Waals surface area contributed by atoms with Crippen LogP contribution in [0.3, 0.4) is 0 Å². The predicted molar refractivity (Wildman–Crippen MR) is 226 cm³/mol. The lowest BCUT2D eigenvalue weighted by atomic mass is 9.60. The average molecular weight is 855 g/mol. The van der Waals surface area contributed by atoms with Crippen LogP contribution in [0.4, 0.5) is 0 Å². The van der Waals surface area contributed by atoms with Crippen molar-refractivity contribution < 1.29 is 66.7 Å². The minimum Gasteiger partial charge on any atom is -0.458 e. The Morgan fingerprint density at radius 2 is 1.10 bits per heavy atom. The summed E-state index contributed by atoms with van der Waals surface area (Å²) in [4.78, 5) is 91.5. The van der Waals surface area contributed by atoms with Crippen molar-refractivity contribution in [1.29, 1.82) is 0 Å². The highest BCUT2D eigenvalue weighted by molar-refractivity contribution is 5.88. The molecule has 0 unspecified atom stereocenters. The maximum atomic E-state index is 13.8. The molecule has 0 heterocycles. The van der Waals surface area contributed by atoms with Gasteiger partial charge in [-0.3, -0.25) is 24.0 Å². The van der Waals surface area contributed by atoms with Gasteiger partial charge in [0.05, 0.1) is 0 Å². The van der Waals surface area contributed by atoms with Crippen LogP contribution in [-0.2, 0) is 66.7 Å². The molecular weight excluding hydrogens is 801 g/mol. The normalized spacial score (nSPS) is 24.6. The summed E-state index contributed by atoms with van der Waals surface area (Å²) >= 11 is 0. The van der Waals surface area contributed by atoms with Crippen molar-refractivity contribution in [2.24, 2.45) is 11.3 Å². The summed E-state index contributed by atoms with van der Waals surface area (Å²) in [7, 11) is 0. The first-order valence-electron chi connectivity index (χ1n) is 20.1. The average Bonchev–Trinajstić information content (AvgIpc) is 3.19. The minimum atomic E-state index is -1.47. The Morgan fingerprint density at radius 1 is 0.597 bits per heavy atom. The molecule has 0 saturated heterocycles. The van der Waals surface area contributed by atoms with Crippen LogP contribution in [0, 0.1) is 11.3 Å². The van der Waals surface area contributed by atoms with E-state index in [0.717, 1.165) is 19.4 Å². The fourth-order valence-electron chi connectivity index (χ4n) is 7.78. The molecule has 2 bridgehead atoms. The highest BCUT2D eigenvalue weighted by Gasteiger charge is 2.51. The van der Waals surface area contributed by atoms with Gasteiger partial charge in [0.2, 0.25) is 0 Å². The second-order valence-corrected chi connectivity index (χ2v) is 15.6. The first-order valence-corrected chi connectivity index (χ1v) is 20.1. The van der Waals surface area contributed by atoms with Gasteiger partial charge in [-0.25, -0.2) is 9.59 Å². The Hall–Kier alpha value is -6.57. The Morgan fingerprint density at radius 3 is 1.60 bits per heavy atom. The lowest BCUT2D eigenvalue weighted by Gasteiger charge is -2.48. The number of esters is 7. The standard InChI is InChI=1S/C48H54O14/c1-28-39(57-30(3)49)25-38-42(59-32(5)51)24-37(27-56-43(54)22-20-35-16-12-10-13-17-35)41(62-44(55)23-21-36-18-14-11-15-19-36)26-40(58-31(4)50)29(2)46(60-33(6)52)47(61-34(7)53)45(28)48(38,8)9/h10-24,38-42,47H,25-27H2,1-9H3/b22-20+,23-21+,37-24+,46-29-/t38-,39-,40-,41-,42-,47+/m0/s1. The van der Waals surface area contributed by atoms with E-state index in [1.54, 1.807) is 75.4 Å². The number of rotatable bonds is 12. The van der Waals surface area contributed by atoms with Gasteiger partial charge in [0.15, 0.2) is 11.9 Å². The lowest BCUT2D eigenvalue weighted by molar-refractivity contribution is -0.156. The second kappa shape index (κ2) is 21.8. The van der Waals surface area contributed by atoms with E-state index in [1.165, 1.54) is 52.0 Å². The molecule has 2 aromatic rings. The predicted octanol–water partition coefficient (Wildman–Crippen LogP) is 7.12. The molecule has 2 aliphatic carbocycles. The minimum absolute atomic E-state index is 0.0714. The Kier molecular flexibility index (Phi) is 16.9. The third-order valence-corrected chi connectivity index (χ3v) is 10.5. The third kappa shape index (κ3) is 13.5. The van der Waals surface area contributed by atoms with Crippen molar-refractivity contribution in [2.75, 3.05) is 6.61 Å². The molecule has 2 aromatic carbocycles. The zero-order valence-electron chi connectivity index (χ0n) is 36.5. The largest absolute Gasteiger partial charge is 0.458 e. The van der Waals surface area contributed by atoms with Crippen molar-refractivity contribution in [3.8, 4) is 0 Å². The summed E-state index contributed by atoms with van der Waals surface area (Å²) in [5, 5.41) is 0. The van der Waals surface area contributed by atoms with Crippen LogP contribution in [0.5, 0.6) is 0 Å². The first kappa shape index (κ1) is 48.1. The maximum absolute atomic E-state index is 13.8. The number of hydrogen-bond donors (Lipinski definition) is 0. The maximum Gasteiger partial charge on any atom is 0.331 e. The number of carbonyl (C=O) groups excluding carboxylic acids is 7. The van der Waals surface area contributed by atoms with Gasteiger partial charge in [-0.05, 0) is 66.2 Å². The number of benzene rings is 2. The monoisotopic (exact) mass is 854 g/mol. The number of carbonyl (C=O) groups is 7. The van der Waals surface area contributed by atoms with Crippen LogP contribution in [0.25, 0.3) is 12.2 Å². The smallest absolute Gasteiger partial charge is 0.331 e. The summed E-state index contributed by atoms with van der Waals surface area (Å²) in [5.41, 5.74) is 1.31. The summed E-state index contributed by atoms with van der Waals surface area (Å²) in [6, 6.07) is 18.0. The van der Waals surface area contributed by atoms with E-state index >= 15 is 0 Å². The van der Waals surface area contributed by atoms with E-state index in [2.05, 4.69) is 0 Å². The van der Waals surface area contributed by atoms with Crippen LogP contribution in [0.2, 0.25) is 0 Å². The Labute approximate surface area is 361 Å². The SMILES string of the molecule is CC(=O)O/C1=C(/C)[C@@H](OC(C)=O)C[C@H](OC(=O)/C=C/c2ccccc2)/C(COC(=O)/C=C/c2ccccc2)=C/[C@H](OC(C)=O)[C@@H]2C[C@H](OC(C)=O)C(C)=C([C@H]1OC(C)=O)C2(C)C. The van der Waals surface area contributed by atoms with Gasteiger partial charge >= 0.3 is 41.8 Å². The van der Waals surface area contributed by atoms with Crippen molar-refractivity contribution in [3.05, 3.63) is 118 Å². The highest BCUT2D eigenvalue weighted by atomic mass is 16.6. The molecule has 0 aliphatic heterocycles. The van der Waals surface area contributed by atoms with Crippen LogP contribution in [-0.4, -0.2) is 78.9 Å².